The molecule has 5 aromatic rings. The van der Waals surface area contributed by atoms with Crippen LogP contribution in [0.15, 0.2) is 89.7 Å². The van der Waals surface area contributed by atoms with Gasteiger partial charge in [-0.3, -0.25) is 9.69 Å². The minimum Gasteiger partial charge on any atom is -0.322 e. The summed E-state index contributed by atoms with van der Waals surface area (Å²) >= 11 is 0. The first-order valence-electron chi connectivity index (χ1n) is 13.9. The molecule has 0 saturated carbocycles. The van der Waals surface area contributed by atoms with Crippen LogP contribution in [0, 0.1) is 5.92 Å². The molecule has 3 aromatic carbocycles. The Bertz CT molecular complexity index is 1590. The molecule has 1 aliphatic heterocycles. The van der Waals surface area contributed by atoms with E-state index in [-0.39, 0.29) is 11.6 Å². The zero-order chi connectivity index (χ0) is 26.6. The molecular formula is C32H34N6O. The molecular weight excluding hydrogens is 484 g/mol. The van der Waals surface area contributed by atoms with Crippen LogP contribution in [0.5, 0.6) is 0 Å². The fourth-order valence-corrected chi connectivity index (χ4v) is 5.83. The Balaban J connectivity index is 1.36. The van der Waals surface area contributed by atoms with Crippen molar-refractivity contribution in [1.82, 2.24) is 30.1 Å². The van der Waals surface area contributed by atoms with Crippen LogP contribution >= 0.6 is 0 Å². The summed E-state index contributed by atoms with van der Waals surface area (Å²) in [6.07, 6.45) is 4.16. The predicted octanol–water partition coefficient (Wildman–Crippen LogP) is 5.17. The molecule has 1 N–H and O–H groups in total. The van der Waals surface area contributed by atoms with Gasteiger partial charge in [-0.15, -0.1) is 5.10 Å². The molecule has 7 heteroatoms. The number of nitrogens with one attached hydrogen (secondary N) is 1. The maximum absolute atomic E-state index is 13.6. The summed E-state index contributed by atoms with van der Waals surface area (Å²) in [5.74, 6) is 1.32. The fourth-order valence-electron chi connectivity index (χ4n) is 5.83. The van der Waals surface area contributed by atoms with Gasteiger partial charge in [-0.1, -0.05) is 73.7 Å². The number of aromatic amines is 1. The Hall–Kier alpha value is -4.10. The summed E-state index contributed by atoms with van der Waals surface area (Å²) in [5.41, 5.74) is 5.21. The van der Waals surface area contributed by atoms with E-state index in [4.69, 9.17) is 0 Å². The van der Waals surface area contributed by atoms with Gasteiger partial charge in [-0.25, -0.2) is 4.68 Å². The molecule has 1 fully saturated rings. The summed E-state index contributed by atoms with van der Waals surface area (Å²) in [6.45, 7) is 4.46. The smallest absolute Gasteiger partial charge is 0.253 e. The van der Waals surface area contributed by atoms with E-state index in [0.717, 1.165) is 55.2 Å². The first-order valence-corrected chi connectivity index (χ1v) is 13.9. The molecule has 0 amide bonds. The number of fused-ring (bicyclic) bond motifs is 1. The van der Waals surface area contributed by atoms with Crippen LogP contribution in [0.2, 0.25) is 0 Å². The van der Waals surface area contributed by atoms with E-state index in [1.54, 1.807) is 0 Å². The molecule has 0 bridgehead atoms. The zero-order valence-corrected chi connectivity index (χ0v) is 22.3. The lowest BCUT2D eigenvalue weighted by atomic mass is 9.89. The average molecular weight is 519 g/mol. The molecule has 1 saturated heterocycles. The van der Waals surface area contributed by atoms with E-state index < -0.39 is 0 Å². The number of hydrogen-bond donors (Lipinski definition) is 1. The lowest BCUT2D eigenvalue weighted by molar-refractivity contribution is 0.143. The van der Waals surface area contributed by atoms with Crippen molar-refractivity contribution in [2.24, 2.45) is 5.92 Å². The van der Waals surface area contributed by atoms with Gasteiger partial charge < -0.3 is 4.98 Å². The van der Waals surface area contributed by atoms with Crippen LogP contribution in [-0.4, -0.2) is 43.2 Å². The highest BCUT2D eigenvalue weighted by Crippen LogP contribution is 2.32. The van der Waals surface area contributed by atoms with Crippen LogP contribution in [0.1, 0.15) is 53.9 Å². The minimum absolute atomic E-state index is 0.0857. The Morgan fingerprint density at radius 3 is 2.33 bits per heavy atom. The Labute approximate surface area is 228 Å². The van der Waals surface area contributed by atoms with E-state index in [2.05, 4.69) is 93.0 Å². The zero-order valence-electron chi connectivity index (χ0n) is 22.3. The first-order chi connectivity index (χ1) is 19.2. The number of likely N-dealkylation sites (tertiary alicyclic amines) is 1. The predicted molar refractivity (Wildman–Crippen MR) is 154 cm³/mol. The molecule has 198 valence electrons. The van der Waals surface area contributed by atoms with Gasteiger partial charge in [0, 0.05) is 11.1 Å². The van der Waals surface area contributed by atoms with Crippen molar-refractivity contribution in [3.05, 3.63) is 123 Å². The first kappa shape index (κ1) is 25.2. The highest BCUT2D eigenvalue weighted by atomic mass is 16.1. The molecule has 39 heavy (non-hydrogen) atoms. The van der Waals surface area contributed by atoms with Crippen molar-refractivity contribution in [2.75, 3.05) is 13.1 Å². The molecule has 2 aromatic heterocycles. The highest BCUT2D eigenvalue weighted by Gasteiger charge is 2.33. The molecule has 1 atom stereocenters. The molecule has 6 rings (SSSR count). The number of rotatable bonds is 8. The van der Waals surface area contributed by atoms with Crippen molar-refractivity contribution in [3.63, 3.8) is 0 Å². The molecule has 0 spiro atoms. The third kappa shape index (κ3) is 5.54. The largest absolute Gasteiger partial charge is 0.322 e. The lowest BCUT2D eigenvalue weighted by Gasteiger charge is -2.37. The topological polar surface area (TPSA) is 79.7 Å². The van der Waals surface area contributed by atoms with Crippen LogP contribution < -0.4 is 5.56 Å². The second kappa shape index (κ2) is 11.3. The van der Waals surface area contributed by atoms with E-state index in [0.29, 0.717) is 23.9 Å². The number of nitrogens with zero attached hydrogens (tertiary/aromatic N) is 5. The number of benzene rings is 3. The van der Waals surface area contributed by atoms with Gasteiger partial charge in [-0.2, -0.15) is 0 Å². The standard InChI is InChI=1S/C32H34N6O/c1-2-23-13-14-29-27(20-23)21-28(32(39)33-29)30(31-34-35-36-38(31)22-26-11-7-4-8-12-26)37-17-15-25(16-18-37)19-24-9-5-3-6-10-24/h3-14,20-21,25,30H,2,15-19,22H2,1H3,(H,33,39)/t30-/m1/s1. The van der Waals surface area contributed by atoms with Crippen LogP contribution in [0.4, 0.5) is 0 Å². The number of piperidine rings is 1. The Kier molecular flexibility index (Phi) is 7.32. The second-order valence-electron chi connectivity index (χ2n) is 10.6. The van der Waals surface area contributed by atoms with Crippen LogP contribution in [0.25, 0.3) is 10.9 Å². The SMILES string of the molecule is CCc1ccc2[nH]c(=O)c([C@H](c3nnnn3Cc3ccccc3)N3CCC(Cc4ccccc4)CC3)cc2c1. The summed E-state index contributed by atoms with van der Waals surface area (Å²) < 4.78 is 1.85. The summed E-state index contributed by atoms with van der Waals surface area (Å²) in [4.78, 5) is 19.1. The van der Waals surface area contributed by atoms with Crippen molar-refractivity contribution in [2.45, 2.75) is 45.2 Å². The lowest BCUT2D eigenvalue weighted by Crippen LogP contribution is -2.41. The van der Waals surface area contributed by atoms with E-state index >= 15 is 0 Å². The highest BCUT2D eigenvalue weighted by molar-refractivity contribution is 5.80. The quantitative estimate of drug-likeness (QED) is 0.307. The number of hydrogen-bond acceptors (Lipinski definition) is 5. The van der Waals surface area contributed by atoms with Gasteiger partial charge in [0.1, 0.15) is 6.04 Å². The van der Waals surface area contributed by atoms with Crippen molar-refractivity contribution in [3.8, 4) is 0 Å². The number of aryl methyl sites for hydroxylation is 1. The average Bonchev–Trinajstić information content (AvgIpc) is 3.42. The van der Waals surface area contributed by atoms with Gasteiger partial charge in [0.2, 0.25) is 0 Å². The number of H-pyrrole nitrogens is 1. The maximum atomic E-state index is 13.6. The Morgan fingerprint density at radius 2 is 1.62 bits per heavy atom. The van der Waals surface area contributed by atoms with E-state index in [1.807, 2.05) is 28.9 Å². The van der Waals surface area contributed by atoms with Crippen molar-refractivity contribution >= 4 is 10.9 Å². The number of tetrazole rings is 1. The molecule has 7 nitrogen and oxygen atoms in total. The van der Waals surface area contributed by atoms with Gasteiger partial charge in [0.05, 0.1) is 6.54 Å². The summed E-state index contributed by atoms with van der Waals surface area (Å²) in [5, 5.41) is 14.0. The maximum Gasteiger partial charge on any atom is 0.253 e. The van der Waals surface area contributed by atoms with Crippen LogP contribution in [0.3, 0.4) is 0 Å². The van der Waals surface area contributed by atoms with E-state index in [9.17, 15) is 4.79 Å². The molecule has 0 aliphatic carbocycles. The molecule has 3 heterocycles. The third-order valence-electron chi connectivity index (χ3n) is 8.00. The normalized spacial score (nSPS) is 15.5. The van der Waals surface area contributed by atoms with Gasteiger partial charge >= 0.3 is 0 Å². The van der Waals surface area contributed by atoms with E-state index in [1.165, 1.54) is 11.1 Å². The van der Waals surface area contributed by atoms with Gasteiger partial charge in [-0.05, 0) is 95.4 Å². The molecule has 0 unspecified atom stereocenters. The second-order valence-corrected chi connectivity index (χ2v) is 10.6. The number of aromatic nitrogens is 5. The number of pyridine rings is 1. The summed E-state index contributed by atoms with van der Waals surface area (Å²) in [6, 6.07) is 28.9. The fraction of sp³-hybridized carbons (Fsp3) is 0.312. The molecule has 0 radical (unpaired) electrons. The summed E-state index contributed by atoms with van der Waals surface area (Å²) in [7, 11) is 0. The van der Waals surface area contributed by atoms with Gasteiger partial charge in [0.15, 0.2) is 5.82 Å². The van der Waals surface area contributed by atoms with Crippen molar-refractivity contribution < 1.29 is 0 Å². The molecule has 1 aliphatic rings. The van der Waals surface area contributed by atoms with Crippen LogP contribution in [-0.2, 0) is 19.4 Å². The Morgan fingerprint density at radius 1 is 0.897 bits per heavy atom. The third-order valence-corrected chi connectivity index (χ3v) is 8.00. The minimum atomic E-state index is -0.333. The van der Waals surface area contributed by atoms with Crippen molar-refractivity contribution in [1.29, 1.82) is 0 Å². The monoisotopic (exact) mass is 518 g/mol. The van der Waals surface area contributed by atoms with Gasteiger partial charge in [0.25, 0.3) is 5.56 Å².